The molecule has 1 aromatic heterocycles. The number of nitrogens with zero attached hydrogens (tertiary/aromatic N) is 5. The minimum absolute atomic E-state index is 0.0860. The number of carbonyl (C=O) groups is 1. The minimum Gasteiger partial charge on any atom is -0.330 e. The Kier molecular flexibility index (Phi) is 5.49. The van der Waals surface area contributed by atoms with E-state index in [1.807, 2.05) is 13.1 Å². The maximum Gasteiger partial charge on any atom is 0.278 e. The van der Waals surface area contributed by atoms with Gasteiger partial charge in [-0.15, -0.1) is 0 Å². The molecule has 0 bridgehead atoms. The molecule has 134 valence electrons. The molecule has 1 N–H and O–H groups in total. The second-order valence-corrected chi connectivity index (χ2v) is 7.12. The van der Waals surface area contributed by atoms with Crippen molar-refractivity contribution in [1.82, 2.24) is 14.9 Å². The Morgan fingerprint density at radius 2 is 1.92 bits per heavy atom. The Morgan fingerprint density at radius 3 is 2.52 bits per heavy atom. The molecule has 1 saturated carbocycles. The quantitative estimate of drug-likeness (QED) is 0.824. The van der Waals surface area contributed by atoms with Gasteiger partial charge in [0.2, 0.25) is 5.95 Å². The van der Waals surface area contributed by atoms with Gasteiger partial charge in [0.25, 0.3) is 5.91 Å². The third-order valence-electron chi connectivity index (χ3n) is 5.61. The molecule has 0 atom stereocenters. The van der Waals surface area contributed by atoms with Crippen LogP contribution >= 0.6 is 0 Å². The van der Waals surface area contributed by atoms with E-state index in [0.717, 1.165) is 57.8 Å². The Balaban J connectivity index is 1.53. The monoisotopic (exact) mass is 343 g/mol. The number of nitrogens with one attached hydrogen (secondary N) is 1. The van der Waals surface area contributed by atoms with Crippen LogP contribution in [0.15, 0.2) is 18.5 Å². The maximum atomic E-state index is 12.7. The van der Waals surface area contributed by atoms with Gasteiger partial charge in [-0.2, -0.15) is 5.26 Å². The Labute approximate surface area is 149 Å². The third-order valence-corrected chi connectivity index (χ3v) is 5.61. The summed E-state index contributed by atoms with van der Waals surface area (Å²) in [6.45, 7) is 3.93. The van der Waals surface area contributed by atoms with Crippen LogP contribution in [-0.4, -0.2) is 66.1 Å². The van der Waals surface area contributed by atoms with Crippen molar-refractivity contribution < 1.29 is 9.69 Å². The smallest absolute Gasteiger partial charge is 0.278 e. The molecule has 2 aliphatic rings. The van der Waals surface area contributed by atoms with Crippen LogP contribution in [0.3, 0.4) is 0 Å². The maximum absolute atomic E-state index is 12.7. The lowest BCUT2D eigenvalue weighted by Gasteiger charge is -2.40. The zero-order valence-electron chi connectivity index (χ0n) is 14.9. The van der Waals surface area contributed by atoms with Crippen LogP contribution in [-0.2, 0) is 4.79 Å². The van der Waals surface area contributed by atoms with Gasteiger partial charge >= 0.3 is 0 Å². The lowest BCUT2D eigenvalue weighted by Crippen LogP contribution is -3.16. The molecule has 7 nitrogen and oxygen atoms in total. The van der Waals surface area contributed by atoms with Gasteiger partial charge in [0.1, 0.15) is 5.54 Å². The molecule has 1 aliphatic heterocycles. The second kappa shape index (κ2) is 7.79. The number of likely N-dealkylation sites (N-methyl/N-ethyl adjacent to an activating group) is 1. The van der Waals surface area contributed by atoms with Gasteiger partial charge in [-0.25, -0.2) is 9.97 Å². The van der Waals surface area contributed by atoms with Crippen LogP contribution in [0.25, 0.3) is 0 Å². The van der Waals surface area contributed by atoms with Gasteiger partial charge < -0.3 is 14.7 Å². The van der Waals surface area contributed by atoms with Crippen LogP contribution in [0.4, 0.5) is 5.95 Å². The van der Waals surface area contributed by atoms with E-state index >= 15 is 0 Å². The molecule has 1 aromatic rings. The van der Waals surface area contributed by atoms with Gasteiger partial charge in [-0.3, -0.25) is 4.79 Å². The number of hydrogen-bond acceptors (Lipinski definition) is 5. The summed E-state index contributed by atoms with van der Waals surface area (Å²) < 4.78 is 0. The topological polar surface area (TPSA) is 77.6 Å². The van der Waals surface area contributed by atoms with E-state index in [1.54, 1.807) is 17.3 Å². The zero-order chi connectivity index (χ0) is 17.7. The fraction of sp³-hybridized carbons (Fsp3) is 0.667. The molecule has 7 heteroatoms. The fourth-order valence-corrected chi connectivity index (χ4v) is 3.88. The second-order valence-electron chi connectivity index (χ2n) is 7.12. The van der Waals surface area contributed by atoms with Crippen LogP contribution < -0.4 is 9.80 Å². The van der Waals surface area contributed by atoms with Crippen molar-refractivity contribution in [3.05, 3.63) is 18.5 Å². The van der Waals surface area contributed by atoms with Crippen molar-refractivity contribution in [2.24, 2.45) is 0 Å². The van der Waals surface area contributed by atoms with Gasteiger partial charge in [0, 0.05) is 19.4 Å². The Bertz CT molecular complexity index is 614. The lowest BCUT2D eigenvalue weighted by atomic mass is 9.81. The summed E-state index contributed by atoms with van der Waals surface area (Å²) in [4.78, 5) is 26.5. The largest absolute Gasteiger partial charge is 0.330 e. The number of rotatable bonds is 4. The van der Waals surface area contributed by atoms with E-state index in [9.17, 15) is 10.1 Å². The molecule has 1 saturated heterocycles. The molecule has 3 rings (SSSR count). The number of anilines is 1. The van der Waals surface area contributed by atoms with E-state index in [4.69, 9.17) is 0 Å². The summed E-state index contributed by atoms with van der Waals surface area (Å²) in [7, 11) is 1.81. The first kappa shape index (κ1) is 17.6. The SMILES string of the molecule is CN(C(=O)C[NH+]1CCN(c2ncccn2)CC1)C1(C#N)CCCCC1. The number of piperazine rings is 1. The molecule has 0 spiro atoms. The van der Waals surface area contributed by atoms with Gasteiger partial charge in [0.05, 0.1) is 32.2 Å². The highest BCUT2D eigenvalue weighted by Gasteiger charge is 2.40. The third kappa shape index (κ3) is 3.90. The molecular weight excluding hydrogens is 316 g/mol. The summed E-state index contributed by atoms with van der Waals surface area (Å²) in [5.74, 6) is 0.846. The molecule has 0 unspecified atom stereocenters. The predicted molar refractivity (Wildman–Crippen MR) is 94.0 cm³/mol. The number of amides is 1. The van der Waals surface area contributed by atoms with E-state index in [0.29, 0.717) is 6.54 Å². The number of hydrogen-bond donors (Lipinski definition) is 1. The number of quaternary nitrogens is 1. The predicted octanol–water partition coefficient (Wildman–Crippen LogP) is -0.134. The molecule has 1 amide bonds. The summed E-state index contributed by atoms with van der Waals surface area (Å²) in [6, 6.07) is 4.25. The highest BCUT2D eigenvalue weighted by atomic mass is 16.2. The first-order valence-electron chi connectivity index (χ1n) is 9.18. The first-order valence-corrected chi connectivity index (χ1v) is 9.18. The van der Waals surface area contributed by atoms with E-state index in [-0.39, 0.29) is 5.91 Å². The van der Waals surface area contributed by atoms with Gasteiger partial charge in [-0.05, 0) is 18.9 Å². The number of aromatic nitrogens is 2. The average Bonchev–Trinajstić information content (AvgIpc) is 2.69. The molecule has 0 aromatic carbocycles. The van der Waals surface area contributed by atoms with Crippen LogP contribution in [0, 0.1) is 11.3 Å². The van der Waals surface area contributed by atoms with Gasteiger partial charge in [-0.1, -0.05) is 19.3 Å². The van der Waals surface area contributed by atoms with Crippen molar-refractivity contribution >= 4 is 11.9 Å². The Hall–Kier alpha value is -2.20. The Morgan fingerprint density at radius 1 is 1.28 bits per heavy atom. The zero-order valence-corrected chi connectivity index (χ0v) is 14.9. The highest BCUT2D eigenvalue weighted by molar-refractivity contribution is 5.78. The molecule has 2 heterocycles. The van der Waals surface area contributed by atoms with Crippen molar-refractivity contribution in [2.45, 2.75) is 37.6 Å². The standard InChI is InChI=1S/C18H26N6O/c1-22(18(15-19)6-3-2-4-7-18)16(25)14-23-10-12-24(13-11-23)17-20-8-5-9-21-17/h5,8-9H,2-4,6-7,10-14H2,1H3/p+1. The van der Waals surface area contributed by atoms with Crippen molar-refractivity contribution in [2.75, 3.05) is 44.7 Å². The lowest BCUT2D eigenvalue weighted by molar-refractivity contribution is -0.892. The van der Waals surface area contributed by atoms with Crippen LogP contribution in [0.1, 0.15) is 32.1 Å². The normalized spacial score (nSPS) is 20.7. The summed E-state index contributed by atoms with van der Waals surface area (Å²) >= 11 is 0. The molecular formula is C18H27N6O+. The summed E-state index contributed by atoms with van der Waals surface area (Å²) in [6.07, 6.45) is 8.36. The van der Waals surface area contributed by atoms with Crippen molar-refractivity contribution in [1.29, 1.82) is 5.26 Å². The van der Waals surface area contributed by atoms with E-state index in [1.165, 1.54) is 11.3 Å². The van der Waals surface area contributed by atoms with Gasteiger partial charge in [0.15, 0.2) is 6.54 Å². The van der Waals surface area contributed by atoms with Crippen molar-refractivity contribution in [3.8, 4) is 6.07 Å². The fourth-order valence-electron chi connectivity index (χ4n) is 3.88. The van der Waals surface area contributed by atoms with Crippen LogP contribution in [0.5, 0.6) is 0 Å². The summed E-state index contributed by atoms with van der Waals surface area (Å²) in [5.41, 5.74) is -0.589. The number of nitriles is 1. The average molecular weight is 343 g/mol. The highest BCUT2D eigenvalue weighted by Crippen LogP contribution is 2.32. The number of carbonyl (C=O) groups excluding carboxylic acids is 1. The van der Waals surface area contributed by atoms with E-state index in [2.05, 4.69) is 20.9 Å². The molecule has 25 heavy (non-hydrogen) atoms. The summed E-state index contributed by atoms with van der Waals surface area (Å²) in [5, 5.41) is 9.66. The molecule has 2 fully saturated rings. The molecule has 1 aliphatic carbocycles. The molecule has 0 radical (unpaired) electrons. The first-order chi connectivity index (χ1) is 12.1. The van der Waals surface area contributed by atoms with E-state index < -0.39 is 5.54 Å². The van der Waals surface area contributed by atoms with Crippen molar-refractivity contribution in [3.63, 3.8) is 0 Å². The van der Waals surface area contributed by atoms with Crippen LogP contribution in [0.2, 0.25) is 0 Å². The minimum atomic E-state index is -0.589.